The molecule has 1 aromatic carbocycles. The first-order chi connectivity index (χ1) is 7.54. The van der Waals surface area contributed by atoms with E-state index >= 15 is 0 Å². The predicted octanol–water partition coefficient (Wildman–Crippen LogP) is 1.09. The van der Waals surface area contributed by atoms with Crippen LogP contribution in [0, 0.1) is 0 Å². The number of benzene rings is 1. The lowest BCUT2D eigenvalue weighted by Gasteiger charge is -2.10. The minimum atomic E-state index is -0.572. The van der Waals surface area contributed by atoms with Gasteiger partial charge in [-0.25, -0.2) is 0 Å². The summed E-state index contributed by atoms with van der Waals surface area (Å²) >= 11 is 0. The second kappa shape index (κ2) is 5.06. The fraction of sp³-hybridized carbons (Fsp3) is 0.182. The number of ether oxygens (including phenoxy) is 2. The lowest BCUT2D eigenvalue weighted by Crippen LogP contribution is -2.20. The maximum Gasteiger partial charge on any atom is 0.255 e. The van der Waals surface area contributed by atoms with Crippen LogP contribution in [0.15, 0.2) is 24.8 Å². The quantitative estimate of drug-likeness (QED) is 0.732. The Kier molecular flexibility index (Phi) is 3.77. The van der Waals surface area contributed by atoms with Gasteiger partial charge in [-0.15, -0.1) is 0 Å². The van der Waals surface area contributed by atoms with Gasteiger partial charge in [0.25, 0.3) is 5.91 Å². The number of nitrogens with two attached hydrogens (primary N) is 1. The first kappa shape index (κ1) is 11.9. The zero-order valence-corrected chi connectivity index (χ0v) is 8.90. The summed E-state index contributed by atoms with van der Waals surface area (Å²) in [4.78, 5) is 10.5. The van der Waals surface area contributed by atoms with Crippen molar-refractivity contribution in [1.82, 2.24) is 0 Å². The van der Waals surface area contributed by atoms with E-state index in [1.54, 1.807) is 18.2 Å². The van der Waals surface area contributed by atoms with E-state index in [4.69, 9.17) is 15.2 Å². The van der Waals surface area contributed by atoms with Crippen LogP contribution in [0.2, 0.25) is 0 Å². The van der Waals surface area contributed by atoms with Gasteiger partial charge in [-0.05, 0) is 18.2 Å². The summed E-state index contributed by atoms with van der Waals surface area (Å²) in [6, 6.07) is 4.72. The molecular weight excluding hydrogens is 210 g/mol. The third kappa shape index (κ3) is 2.91. The summed E-state index contributed by atoms with van der Waals surface area (Å²) < 4.78 is 10.2. The molecule has 0 saturated heterocycles. The molecule has 3 N–H and O–H groups in total. The molecule has 1 aromatic rings. The van der Waals surface area contributed by atoms with E-state index in [1.807, 2.05) is 0 Å². The number of hydrogen-bond donors (Lipinski definition) is 2. The normalized spacial score (nSPS) is 9.56. The molecule has 1 amide bonds. The molecule has 86 valence electrons. The van der Waals surface area contributed by atoms with Gasteiger partial charge in [-0.1, -0.05) is 6.58 Å². The maximum absolute atomic E-state index is 10.5. The molecule has 0 fully saturated rings. The molecule has 0 atom stereocenters. The molecule has 1 rings (SSSR count). The number of amides is 1. The van der Waals surface area contributed by atoms with Crippen LogP contribution < -0.4 is 15.2 Å². The molecular formula is C11H13NO4. The Morgan fingerprint density at radius 3 is 2.69 bits per heavy atom. The summed E-state index contributed by atoms with van der Waals surface area (Å²) in [6.07, 6.45) is 0. The fourth-order valence-electron chi connectivity index (χ4n) is 1.12. The number of rotatable bonds is 5. The van der Waals surface area contributed by atoms with Crippen molar-refractivity contribution in [2.45, 2.75) is 0 Å². The lowest BCUT2D eigenvalue weighted by atomic mass is 10.2. The Morgan fingerprint density at radius 1 is 1.50 bits per heavy atom. The highest BCUT2D eigenvalue weighted by atomic mass is 16.5. The summed E-state index contributed by atoms with van der Waals surface area (Å²) in [7, 11) is 1.45. The molecule has 0 unspecified atom stereocenters. The molecule has 0 aliphatic rings. The van der Waals surface area contributed by atoms with Gasteiger partial charge >= 0.3 is 0 Å². The third-order valence-corrected chi connectivity index (χ3v) is 1.87. The van der Waals surface area contributed by atoms with E-state index in [1.165, 1.54) is 7.11 Å². The molecule has 0 aromatic heterocycles. The van der Waals surface area contributed by atoms with Gasteiger partial charge in [0.1, 0.15) is 5.76 Å². The second-order valence-electron chi connectivity index (χ2n) is 3.07. The minimum Gasteiger partial charge on any atom is -0.508 e. The zero-order valence-electron chi connectivity index (χ0n) is 8.90. The molecule has 0 bridgehead atoms. The number of hydrogen-bond acceptors (Lipinski definition) is 4. The Hall–Kier alpha value is -2.17. The Morgan fingerprint density at radius 2 is 2.19 bits per heavy atom. The lowest BCUT2D eigenvalue weighted by molar-refractivity contribution is -0.119. The standard InChI is InChI=1S/C11H13NO4/c1-7(13)8-3-4-9(10(5-8)15-2)16-6-11(12)14/h3-5,13H,1,6H2,2H3,(H2,12,14). The summed E-state index contributed by atoms with van der Waals surface area (Å²) in [5, 5.41) is 9.19. The Balaban J connectivity index is 2.93. The van der Waals surface area contributed by atoms with Gasteiger partial charge in [0.2, 0.25) is 0 Å². The van der Waals surface area contributed by atoms with Crippen molar-refractivity contribution in [1.29, 1.82) is 0 Å². The number of methoxy groups -OCH3 is 1. The van der Waals surface area contributed by atoms with Crippen LogP contribution in [0.1, 0.15) is 5.56 Å². The molecule has 0 aliphatic carbocycles. The highest BCUT2D eigenvalue weighted by Crippen LogP contribution is 2.29. The van der Waals surface area contributed by atoms with E-state index < -0.39 is 5.91 Å². The van der Waals surface area contributed by atoms with Gasteiger partial charge < -0.3 is 20.3 Å². The first-order valence-corrected chi connectivity index (χ1v) is 4.52. The van der Waals surface area contributed by atoms with E-state index in [0.29, 0.717) is 17.1 Å². The molecule has 5 heteroatoms. The minimum absolute atomic E-state index is 0.0697. The van der Waals surface area contributed by atoms with Gasteiger partial charge in [0.15, 0.2) is 18.1 Å². The first-order valence-electron chi connectivity index (χ1n) is 4.52. The molecule has 0 saturated carbocycles. The molecule has 0 aliphatic heterocycles. The molecule has 0 radical (unpaired) electrons. The number of primary amides is 1. The van der Waals surface area contributed by atoms with Crippen LogP contribution in [0.25, 0.3) is 5.76 Å². The van der Waals surface area contributed by atoms with Crippen LogP contribution in [-0.2, 0) is 4.79 Å². The number of carbonyl (C=O) groups excluding carboxylic acids is 1. The van der Waals surface area contributed by atoms with E-state index in [-0.39, 0.29) is 12.4 Å². The zero-order chi connectivity index (χ0) is 12.1. The Labute approximate surface area is 93.1 Å². The van der Waals surface area contributed by atoms with Crippen LogP contribution in [-0.4, -0.2) is 24.7 Å². The number of aliphatic hydroxyl groups is 1. The fourth-order valence-corrected chi connectivity index (χ4v) is 1.12. The van der Waals surface area contributed by atoms with Gasteiger partial charge in [0, 0.05) is 5.56 Å². The van der Waals surface area contributed by atoms with E-state index in [2.05, 4.69) is 6.58 Å². The smallest absolute Gasteiger partial charge is 0.255 e. The van der Waals surface area contributed by atoms with Crippen LogP contribution >= 0.6 is 0 Å². The molecule has 0 spiro atoms. The topological polar surface area (TPSA) is 81.8 Å². The van der Waals surface area contributed by atoms with E-state index in [0.717, 1.165) is 0 Å². The van der Waals surface area contributed by atoms with E-state index in [9.17, 15) is 9.90 Å². The number of carbonyl (C=O) groups is 1. The molecule has 5 nitrogen and oxygen atoms in total. The summed E-state index contributed by atoms with van der Waals surface area (Å²) in [5.41, 5.74) is 5.47. The van der Waals surface area contributed by atoms with Crippen molar-refractivity contribution < 1.29 is 19.4 Å². The van der Waals surface area contributed by atoms with Crippen LogP contribution in [0.3, 0.4) is 0 Å². The van der Waals surface area contributed by atoms with Crippen molar-refractivity contribution in [3.8, 4) is 11.5 Å². The predicted molar refractivity (Wildman–Crippen MR) is 59.3 cm³/mol. The van der Waals surface area contributed by atoms with Crippen molar-refractivity contribution >= 4 is 11.7 Å². The van der Waals surface area contributed by atoms with Crippen LogP contribution in [0.5, 0.6) is 11.5 Å². The second-order valence-corrected chi connectivity index (χ2v) is 3.07. The highest BCUT2D eigenvalue weighted by molar-refractivity contribution is 5.75. The summed E-state index contributed by atoms with van der Waals surface area (Å²) in [5.74, 6) is 0.137. The van der Waals surface area contributed by atoms with Gasteiger partial charge in [-0.3, -0.25) is 4.79 Å². The molecule has 16 heavy (non-hydrogen) atoms. The van der Waals surface area contributed by atoms with Crippen molar-refractivity contribution in [2.24, 2.45) is 5.73 Å². The average molecular weight is 223 g/mol. The van der Waals surface area contributed by atoms with Gasteiger partial charge in [-0.2, -0.15) is 0 Å². The van der Waals surface area contributed by atoms with Crippen LogP contribution in [0.4, 0.5) is 0 Å². The molecule has 0 heterocycles. The SMILES string of the molecule is C=C(O)c1ccc(OCC(N)=O)c(OC)c1. The third-order valence-electron chi connectivity index (χ3n) is 1.87. The number of aliphatic hydroxyl groups excluding tert-OH is 1. The monoisotopic (exact) mass is 223 g/mol. The maximum atomic E-state index is 10.5. The van der Waals surface area contributed by atoms with Gasteiger partial charge in [0.05, 0.1) is 7.11 Å². The highest BCUT2D eigenvalue weighted by Gasteiger charge is 2.08. The Bertz CT molecular complexity index is 414. The average Bonchev–Trinajstić information content (AvgIpc) is 2.25. The summed E-state index contributed by atoms with van der Waals surface area (Å²) in [6.45, 7) is 3.16. The van der Waals surface area contributed by atoms with Crippen molar-refractivity contribution in [3.63, 3.8) is 0 Å². The van der Waals surface area contributed by atoms with Crippen molar-refractivity contribution in [2.75, 3.05) is 13.7 Å². The van der Waals surface area contributed by atoms with Crippen molar-refractivity contribution in [3.05, 3.63) is 30.3 Å². The largest absolute Gasteiger partial charge is 0.508 e.